The highest BCUT2D eigenvalue weighted by molar-refractivity contribution is 5.70. The van der Waals surface area contributed by atoms with Gasteiger partial charge in [0.15, 0.2) is 0 Å². The molecular formula is C22H23N5O. The monoisotopic (exact) mass is 373 g/mol. The number of benzene rings is 2. The molecule has 3 N–H and O–H groups in total. The summed E-state index contributed by atoms with van der Waals surface area (Å²) in [4.78, 5) is 9.17. The Hall–Kier alpha value is -3.43. The molecule has 0 saturated heterocycles. The highest BCUT2D eigenvalue weighted by Crippen LogP contribution is 2.25. The summed E-state index contributed by atoms with van der Waals surface area (Å²) in [5.41, 5.74) is 2.91. The van der Waals surface area contributed by atoms with E-state index in [2.05, 4.69) is 26.7 Å². The molecule has 1 atom stereocenters. The number of hydrogen-bond acceptors (Lipinski definition) is 6. The Morgan fingerprint density at radius 1 is 1.04 bits per heavy atom. The number of hydrogen-bond donors (Lipinski definition) is 3. The quantitative estimate of drug-likeness (QED) is 0.575. The van der Waals surface area contributed by atoms with Crippen LogP contribution in [-0.4, -0.2) is 27.7 Å². The number of nitrogens with zero attached hydrogens (tertiary/aromatic N) is 3. The number of nitriles is 1. The van der Waals surface area contributed by atoms with Crippen LogP contribution in [0.5, 0.6) is 0 Å². The fraction of sp³-hybridized carbons (Fsp3) is 0.227. The predicted molar refractivity (Wildman–Crippen MR) is 111 cm³/mol. The summed E-state index contributed by atoms with van der Waals surface area (Å²) in [7, 11) is 0. The zero-order chi connectivity index (χ0) is 19.9. The Kier molecular flexibility index (Phi) is 6.20. The van der Waals surface area contributed by atoms with E-state index in [0.29, 0.717) is 23.0 Å². The summed E-state index contributed by atoms with van der Waals surface area (Å²) in [5.74, 6) is 1.20. The molecule has 3 aromatic rings. The van der Waals surface area contributed by atoms with Gasteiger partial charge >= 0.3 is 0 Å². The highest BCUT2D eigenvalue weighted by atomic mass is 16.3. The molecule has 0 aliphatic heterocycles. The maximum atomic E-state index is 9.65. The zero-order valence-corrected chi connectivity index (χ0v) is 15.9. The van der Waals surface area contributed by atoms with Gasteiger partial charge in [0.25, 0.3) is 0 Å². The average molecular weight is 373 g/mol. The minimum absolute atomic E-state index is 0.0172. The van der Waals surface area contributed by atoms with E-state index in [4.69, 9.17) is 0 Å². The van der Waals surface area contributed by atoms with Crippen molar-refractivity contribution < 1.29 is 5.11 Å². The van der Waals surface area contributed by atoms with Crippen LogP contribution >= 0.6 is 0 Å². The molecule has 142 valence electrons. The van der Waals surface area contributed by atoms with Crippen molar-refractivity contribution in [2.45, 2.75) is 19.9 Å². The van der Waals surface area contributed by atoms with Gasteiger partial charge in [-0.2, -0.15) is 10.2 Å². The molecule has 0 aliphatic rings. The first-order chi connectivity index (χ1) is 13.6. The van der Waals surface area contributed by atoms with Crippen molar-refractivity contribution in [3.8, 4) is 17.3 Å². The van der Waals surface area contributed by atoms with Gasteiger partial charge in [-0.1, -0.05) is 56.3 Å². The van der Waals surface area contributed by atoms with Gasteiger partial charge in [-0.25, -0.2) is 4.98 Å². The summed E-state index contributed by atoms with van der Waals surface area (Å²) in [6.07, 6.45) is 0. The van der Waals surface area contributed by atoms with Crippen LogP contribution in [0.15, 0.2) is 60.7 Å². The van der Waals surface area contributed by atoms with E-state index in [1.54, 1.807) is 6.07 Å². The SMILES string of the molecule is CC(C)[C@H](CO)Nc1nc(Nc2ccccc2C#N)cc(-c2ccccc2)n1. The van der Waals surface area contributed by atoms with Gasteiger partial charge in [-0.05, 0) is 18.1 Å². The van der Waals surface area contributed by atoms with E-state index in [1.165, 1.54) is 0 Å². The molecule has 0 bridgehead atoms. The van der Waals surface area contributed by atoms with Crippen molar-refractivity contribution in [3.63, 3.8) is 0 Å². The van der Waals surface area contributed by atoms with Crippen LogP contribution in [0.3, 0.4) is 0 Å². The Morgan fingerprint density at radius 2 is 1.75 bits per heavy atom. The second kappa shape index (κ2) is 8.98. The molecule has 28 heavy (non-hydrogen) atoms. The largest absolute Gasteiger partial charge is 0.394 e. The molecule has 2 aromatic carbocycles. The van der Waals surface area contributed by atoms with Gasteiger partial charge in [0.2, 0.25) is 5.95 Å². The first-order valence-corrected chi connectivity index (χ1v) is 9.18. The molecule has 6 nitrogen and oxygen atoms in total. The summed E-state index contributed by atoms with van der Waals surface area (Å²) >= 11 is 0. The van der Waals surface area contributed by atoms with E-state index in [9.17, 15) is 10.4 Å². The summed E-state index contributed by atoms with van der Waals surface area (Å²) in [6.45, 7) is 4.03. The lowest BCUT2D eigenvalue weighted by Gasteiger charge is -2.21. The molecule has 0 amide bonds. The van der Waals surface area contributed by atoms with Crippen molar-refractivity contribution in [3.05, 3.63) is 66.2 Å². The summed E-state index contributed by atoms with van der Waals surface area (Å²) in [6, 6.07) is 20.9. The first-order valence-electron chi connectivity index (χ1n) is 9.18. The van der Waals surface area contributed by atoms with Gasteiger partial charge in [0.05, 0.1) is 29.6 Å². The van der Waals surface area contributed by atoms with E-state index in [1.807, 2.05) is 68.4 Å². The Bertz CT molecular complexity index is 966. The first kappa shape index (κ1) is 19.3. The van der Waals surface area contributed by atoms with Crippen molar-refractivity contribution in [1.29, 1.82) is 5.26 Å². The van der Waals surface area contributed by atoms with Crippen molar-refractivity contribution in [2.24, 2.45) is 5.92 Å². The highest BCUT2D eigenvalue weighted by Gasteiger charge is 2.15. The number of aliphatic hydroxyl groups is 1. The topological polar surface area (TPSA) is 93.9 Å². The van der Waals surface area contributed by atoms with E-state index >= 15 is 0 Å². The second-order valence-corrected chi connectivity index (χ2v) is 6.79. The normalized spacial score (nSPS) is 11.7. The zero-order valence-electron chi connectivity index (χ0n) is 15.9. The average Bonchev–Trinajstić information content (AvgIpc) is 2.72. The Balaban J connectivity index is 2.01. The van der Waals surface area contributed by atoms with Crippen LogP contribution in [0, 0.1) is 17.2 Å². The molecule has 0 aliphatic carbocycles. The third-order valence-corrected chi connectivity index (χ3v) is 4.42. The molecule has 0 unspecified atom stereocenters. The smallest absolute Gasteiger partial charge is 0.225 e. The predicted octanol–water partition coefficient (Wildman–Crippen LogP) is 4.19. The molecular weight excluding hydrogens is 350 g/mol. The lowest BCUT2D eigenvalue weighted by atomic mass is 10.1. The van der Waals surface area contributed by atoms with Crippen LogP contribution < -0.4 is 10.6 Å². The van der Waals surface area contributed by atoms with Crippen molar-refractivity contribution in [1.82, 2.24) is 9.97 Å². The number of nitrogens with one attached hydrogen (secondary N) is 2. The fourth-order valence-corrected chi connectivity index (χ4v) is 2.75. The molecule has 1 heterocycles. The number of anilines is 3. The number of para-hydroxylation sites is 1. The lowest BCUT2D eigenvalue weighted by Crippen LogP contribution is -2.30. The maximum Gasteiger partial charge on any atom is 0.225 e. The Labute approximate surface area is 164 Å². The van der Waals surface area contributed by atoms with Crippen LogP contribution in [0.25, 0.3) is 11.3 Å². The van der Waals surface area contributed by atoms with Crippen LogP contribution in [0.2, 0.25) is 0 Å². The van der Waals surface area contributed by atoms with Gasteiger partial charge in [0.1, 0.15) is 11.9 Å². The molecule has 0 radical (unpaired) electrons. The lowest BCUT2D eigenvalue weighted by molar-refractivity contribution is 0.248. The van der Waals surface area contributed by atoms with E-state index < -0.39 is 0 Å². The summed E-state index contributed by atoms with van der Waals surface area (Å²) < 4.78 is 0. The Morgan fingerprint density at radius 3 is 2.43 bits per heavy atom. The number of rotatable bonds is 7. The van der Waals surface area contributed by atoms with E-state index in [0.717, 1.165) is 11.3 Å². The fourth-order valence-electron chi connectivity index (χ4n) is 2.75. The molecule has 0 fully saturated rings. The van der Waals surface area contributed by atoms with Gasteiger partial charge < -0.3 is 15.7 Å². The second-order valence-electron chi connectivity index (χ2n) is 6.79. The number of aliphatic hydroxyl groups excluding tert-OH is 1. The van der Waals surface area contributed by atoms with Crippen molar-refractivity contribution >= 4 is 17.5 Å². The van der Waals surface area contributed by atoms with Gasteiger partial charge in [0, 0.05) is 11.6 Å². The molecule has 6 heteroatoms. The molecule has 3 rings (SSSR count). The maximum absolute atomic E-state index is 9.65. The molecule has 0 spiro atoms. The van der Waals surface area contributed by atoms with Gasteiger partial charge in [-0.3, -0.25) is 0 Å². The summed E-state index contributed by atoms with van der Waals surface area (Å²) in [5, 5.41) is 25.4. The standard InChI is InChI=1S/C22H23N5O/c1-15(2)20(14-28)26-22-25-19(16-8-4-3-5-9-16)12-21(27-22)24-18-11-7-6-10-17(18)13-23/h3-12,15,20,28H,14H2,1-2H3,(H2,24,25,26,27)/t20-/m0/s1. The molecule has 1 aromatic heterocycles. The van der Waals surface area contributed by atoms with Crippen LogP contribution in [-0.2, 0) is 0 Å². The molecule has 0 saturated carbocycles. The minimum Gasteiger partial charge on any atom is -0.394 e. The number of aromatic nitrogens is 2. The van der Waals surface area contributed by atoms with E-state index in [-0.39, 0.29) is 18.6 Å². The van der Waals surface area contributed by atoms with Crippen LogP contribution in [0.4, 0.5) is 17.5 Å². The third-order valence-electron chi connectivity index (χ3n) is 4.42. The van der Waals surface area contributed by atoms with Gasteiger partial charge in [-0.15, -0.1) is 0 Å². The third kappa shape index (κ3) is 4.64. The minimum atomic E-state index is -0.162. The van der Waals surface area contributed by atoms with Crippen LogP contribution in [0.1, 0.15) is 19.4 Å². The van der Waals surface area contributed by atoms with Crippen molar-refractivity contribution in [2.75, 3.05) is 17.2 Å².